The summed E-state index contributed by atoms with van der Waals surface area (Å²) >= 11 is 0. The molecular formula is C14H18F2. The van der Waals surface area contributed by atoms with Gasteiger partial charge in [-0.15, -0.1) is 0 Å². The number of benzene rings is 1. The van der Waals surface area contributed by atoms with Crippen molar-refractivity contribution in [1.82, 2.24) is 0 Å². The molecule has 0 N–H and O–H groups in total. The van der Waals surface area contributed by atoms with E-state index in [2.05, 4.69) is 20.4 Å². The molecule has 0 aliphatic rings. The number of allylic oxidation sites excluding steroid dienone is 2. The Morgan fingerprint density at radius 3 is 2.31 bits per heavy atom. The lowest BCUT2D eigenvalue weighted by atomic mass is 10.1. The maximum atomic E-state index is 13.0. The van der Waals surface area contributed by atoms with Crippen molar-refractivity contribution in [3.05, 3.63) is 53.6 Å². The maximum Gasteiger partial charge on any atom is 0.162 e. The highest BCUT2D eigenvalue weighted by molar-refractivity contribution is 5.55. The van der Waals surface area contributed by atoms with E-state index in [1.54, 1.807) is 25.2 Å². The van der Waals surface area contributed by atoms with E-state index >= 15 is 0 Å². The van der Waals surface area contributed by atoms with Crippen LogP contribution in [-0.4, -0.2) is 0 Å². The summed E-state index contributed by atoms with van der Waals surface area (Å²) < 4.78 is 25.6. The molecule has 0 saturated heterocycles. The van der Waals surface area contributed by atoms with Crippen molar-refractivity contribution in [2.24, 2.45) is 0 Å². The molecule has 16 heavy (non-hydrogen) atoms. The van der Waals surface area contributed by atoms with Crippen LogP contribution in [0.2, 0.25) is 0 Å². The Balaban J connectivity index is 0.000000673. The highest BCUT2D eigenvalue weighted by Crippen LogP contribution is 2.16. The van der Waals surface area contributed by atoms with Gasteiger partial charge < -0.3 is 0 Å². The molecule has 0 atom stereocenters. The minimum Gasteiger partial charge on any atom is -0.204 e. The molecule has 88 valence electrons. The molecular weight excluding hydrogens is 206 g/mol. The van der Waals surface area contributed by atoms with Crippen molar-refractivity contribution in [3.63, 3.8) is 0 Å². The van der Waals surface area contributed by atoms with Crippen LogP contribution in [0.1, 0.15) is 31.4 Å². The van der Waals surface area contributed by atoms with Crippen molar-refractivity contribution in [2.75, 3.05) is 0 Å². The van der Waals surface area contributed by atoms with Crippen LogP contribution >= 0.6 is 0 Å². The van der Waals surface area contributed by atoms with Crippen molar-refractivity contribution in [3.8, 4) is 0 Å². The van der Waals surface area contributed by atoms with E-state index in [-0.39, 0.29) is 0 Å². The van der Waals surface area contributed by atoms with Gasteiger partial charge in [-0.3, -0.25) is 0 Å². The molecule has 0 bridgehead atoms. The quantitative estimate of drug-likeness (QED) is 0.627. The van der Waals surface area contributed by atoms with Crippen LogP contribution in [0.4, 0.5) is 8.78 Å². The van der Waals surface area contributed by atoms with Gasteiger partial charge in [0.25, 0.3) is 0 Å². The minimum atomic E-state index is -0.812. The summed E-state index contributed by atoms with van der Waals surface area (Å²) in [6.45, 7) is 9.28. The van der Waals surface area contributed by atoms with Gasteiger partial charge in [0, 0.05) is 0 Å². The topological polar surface area (TPSA) is 0 Å². The third kappa shape index (κ3) is 4.39. The number of hydrogen-bond donors (Lipinski definition) is 0. The SMILES string of the molecule is C=C/C=C\c1ccc(F)c(F)c1C.CCC. The largest absolute Gasteiger partial charge is 0.204 e. The number of halogens is 2. The van der Waals surface area contributed by atoms with Gasteiger partial charge in [-0.25, -0.2) is 8.78 Å². The molecule has 0 amide bonds. The summed E-state index contributed by atoms with van der Waals surface area (Å²) in [6.07, 6.45) is 6.20. The highest BCUT2D eigenvalue weighted by Gasteiger charge is 2.06. The molecule has 0 unspecified atom stereocenters. The van der Waals surface area contributed by atoms with Gasteiger partial charge in [-0.2, -0.15) is 0 Å². The Hall–Kier alpha value is -1.44. The highest BCUT2D eigenvalue weighted by atomic mass is 19.2. The molecule has 0 radical (unpaired) electrons. The molecule has 0 fully saturated rings. The van der Waals surface area contributed by atoms with Crippen LogP contribution in [0.25, 0.3) is 6.08 Å². The average molecular weight is 224 g/mol. The third-order valence-corrected chi connectivity index (χ3v) is 1.79. The normalized spacial score (nSPS) is 9.81. The fourth-order valence-corrected chi connectivity index (χ4v) is 1.02. The monoisotopic (exact) mass is 224 g/mol. The summed E-state index contributed by atoms with van der Waals surface area (Å²) in [6, 6.07) is 2.65. The first-order chi connectivity index (χ1) is 7.58. The lowest BCUT2D eigenvalue weighted by Crippen LogP contribution is -1.91. The summed E-state index contributed by atoms with van der Waals surface area (Å²) in [5.41, 5.74) is 0.983. The smallest absolute Gasteiger partial charge is 0.162 e. The standard InChI is InChI=1S/C11H10F2.C3H8/c1-3-4-5-9-6-7-10(12)11(13)8(9)2;1-3-2/h3-7H,1H2,2H3;3H2,1-2H3/b5-4-;. The van der Waals surface area contributed by atoms with Gasteiger partial charge >= 0.3 is 0 Å². The lowest BCUT2D eigenvalue weighted by molar-refractivity contribution is 0.503. The molecule has 1 rings (SSSR count). The Kier molecular flexibility index (Phi) is 7.10. The van der Waals surface area contributed by atoms with Gasteiger partial charge in [0.05, 0.1) is 0 Å². The summed E-state index contributed by atoms with van der Waals surface area (Å²) in [7, 11) is 0. The zero-order valence-electron chi connectivity index (χ0n) is 10.1. The molecule has 0 aliphatic carbocycles. The van der Waals surface area contributed by atoms with Crippen LogP contribution in [0.5, 0.6) is 0 Å². The fraction of sp³-hybridized carbons (Fsp3) is 0.286. The second-order valence-corrected chi connectivity index (χ2v) is 3.38. The third-order valence-electron chi connectivity index (χ3n) is 1.79. The average Bonchev–Trinajstić information content (AvgIpc) is 2.26. The van der Waals surface area contributed by atoms with E-state index in [1.807, 2.05) is 0 Å². The van der Waals surface area contributed by atoms with E-state index in [1.165, 1.54) is 12.5 Å². The summed E-state index contributed by atoms with van der Waals surface area (Å²) in [4.78, 5) is 0. The van der Waals surface area contributed by atoms with Crippen LogP contribution in [0.15, 0.2) is 30.9 Å². The molecule has 0 nitrogen and oxygen atoms in total. The fourth-order valence-electron chi connectivity index (χ4n) is 1.02. The van der Waals surface area contributed by atoms with Crippen LogP contribution in [0, 0.1) is 18.6 Å². The molecule has 0 aromatic heterocycles. The van der Waals surface area contributed by atoms with Crippen LogP contribution in [-0.2, 0) is 0 Å². The minimum absolute atomic E-state index is 0.318. The van der Waals surface area contributed by atoms with E-state index in [4.69, 9.17) is 0 Å². The number of hydrogen-bond acceptors (Lipinski definition) is 0. The number of rotatable bonds is 2. The van der Waals surface area contributed by atoms with Crippen LogP contribution in [0.3, 0.4) is 0 Å². The molecule has 0 spiro atoms. The van der Waals surface area contributed by atoms with Crippen molar-refractivity contribution < 1.29 is 8.78 Å². The predicted octanol–water partition coefficient (Wildman–Crippen LogP) is 4.89. The van der Waals surface area contributed by atoms with Gasteiger partial charge in [0.2, 0.25) is 0 Å². The first-order valence-electron chi connectivity index (χ1n) is 5.32. The molecule has 0 aliphatic heterocycles. The van der Waals surface area contributed by atoms with Gasteiger partial charge in [-0.05, 0) is 24.1 Å². The summed E-state index contributed by atoms with van der Waals surface area (Å²) in [5.74, 6) is -1.60. The lowest BCUT2D eigenvalue weighted by Gasteiger charge is -2.01. The molecule has 0 heterocycles. The molecule has 2 heteroatoms. The Bertz CT molecular complexity index is 365. The van der Waals surface area contributed by atoms with Crippen molar-refractivity contribution in [2.45, 2.75) is 27.2 Å². The molecule has 1 aromatic rings. The second-order valence-electron chi connectivity index (χ2n) is 3.38. The molecule has 0 saturated carbocycles. The van der Waals surface area contributed by atoms with Crippen molar-refractivity contribution in [1.29, 1.82) is 0 Å². The predicted molar refractivity (Wildman–Crippen MR) is 66.3 cm³/mol. The molecule has 1 aromatic carbocycles. The van der Waals surface area contributed by atoms with E-state index in [9.17, 15) is 8.78 Å². The first kappa shape index (κ1) is 14.6. The Labute approximate surface area is 96.3 Å². The zero-order chi connectivity index (χ0) is 12.6. The van der Waals surface area contributed by atoms with Gasteiger partial charge in [-0.1, -0.05) is 51.1 Å². The Morgan fingerprint density at radius 1 is 1.25 bits per heavy atom. The van der Waals surface area contributed by atoms with E-state index in [0.29, 0.717) is 11.1 Å². The van der Waals surface area contributed by atoms with Crippen LogP contribution < -0.4 is 0 Å². The summed E-state index contributed by atoms with van der Waals surface area (Å²) in [5, 5.41) is 0. The zero-order valence-corrected chi connectivity index (χ0v) is 10.1. The maximum absolute atomic E-state index is 13.0. The van der Waals surface area contributed by atoms with Gasteiger partial charge in [0.1, 0.15) is 0 Å². The Morgan fingerprint density at radius 2 is 1.81 bits per heavy atom. The second kappa shape index (κ2) is 7.80. The van der Waals surface area contributed by atoms with Crippen molar-refractivity contribution >= 4 is 6.08 Å². The van der Waals surface area contributed by atoms with E-state index < -0.39 is 11.6 Å². The van der Waals surface area contributed by atoms with Gasteiger partial charge in [0.15, 0.2) is 11.6 Å². The first-order valence-corrected chi connectivity index (χ1v) is 5.32. The van der Waals surface area contributed by atoms with E-state index in [0.717, 1.165) is 6.07 Å².